The minimum atomic E-state index is -2.72. The molecule has 0 radical (unpaired) electrons. The Morgan fingerprint density at radius 1 is 0.912 bits per heavy atom. The van der Waals surface area contributed by atoms with E-state index in [0.717, 1.165) is 29.4 Å². The molecule has 0 unspecified atom stereocenters. The van der Waals surface area contributed by atoms with E-state index >= 15 is 0 Å². The third kappa shape index (κ3) is 6.01. The molecular formula is C26H43N7Sn. The van der Waals surface area contributed by atoms with Gasteiger partial charge in [0.05, 0.1) is 0 Å². The van der Waals surface area contributed by atoms with Crippen LogP contribution in [0.5, 0.6) is 0 Å². The number of unbranched alkanes of at least 4 members (excludes halogenated alkanes) is 3. The average molecular weight is 572 g/mol. The molecule has 0 saturated heterocycles. The molecule has 3 heterocycles. The van der Waals surface area contributed by atoms with E-state index in [0.29, 0.717) is 0 Å². The van der Waals surface area contributed by atoms with Gasteiger partial charge in [0.15, 0.2) is 0 Å². The van der Waals surface area contributed by atoms with Crippen molar-refractivity contribution in [1.29, 1.82) is 0 Å². The van der Waals surface area contributed by atoms with Gasteiger partial charge < -0.3 is 0 Å². The molecule has 8 heteroatoms. The minimum absolute atomic E-state index is 0.837. The fraction of sp³-hybridized carbons (Fsp3) is 0.615. The standard InChI is InChI=1S/C14H16N7.3C4H9.Sn/c1-4-15-12-7-10(5-6-16-12)13-11(8-18-21(13)3)14-19-17-9-20(14)2;3*1-3-4-2;/h5,7-9H,4H2,1-3H3,(H,15,16);3*1,3-4H2,2H3;. The summed E-state index contributed by atoms with van der Waals surface area (Å²) in [5.41, 5.74) is 3.28. The number of aromatic nitrogens is 6. The topological polar surface area (TPSA) is 73.5 Å². The molecule has 0 fully saturated rings. The van der Waals surface area contributed by atoms with Gasteiger partial charge in [0.1, 0.15) is 0 Å². The van der Waals surface area contributed by atoms with Crippen LogP contribution in [-0.2, 0) is 14.1 Å². The summed E-state index contributed by atoms with van der Waals surface area (Å²) in [6.45, 7) is 9.98. The summed E-state index contributed by atoms with van der Waals surface area (Å²) in [6, 6.07) is 4.62. The molecule has 0 amide bonds. The first-order valence-corrected chi connectivity index (χ1v) is 20.6. The second-order valence-corrected chi connectivity index (χ2v) is 22.6. The molecule has 0 aliphatic carbocycles. The van der Waals surface area contributed by atoms with Crippen LogP contribution < -0.4 is 9.03 Å². The first-order chi connectivity index (χ1) is 16.5. The molecular weight excluding hydrogens is 529 g/mol. The molecule has 1 N–H and O–H groups in total. The summed E-state index contributed by atoms with van der Waals surface area (Å²) in [7, 11) is 4.00. The summed E-state index contributed by atoms with van der Waals surface area (Å²) in [5.74, 6) is 1.83. The predicted octanol–water partition coefficient (Wildman–Crippen LogP) is 5.77. The average Bonchev–Trinajstić information content (AvgIpc) is 3.43. The van der Waals surface area contributed by atoms with Gasteiger partial charge in [-0.3, -0.25) is 0 Å². The van der Waals surface area contributed by atoms with Crippen molar-refractivity contribution in [1.82, 2.24) is 29.5 Å². The van der Waals surface area contributed by atoms with Gasteiger partial charge >= 0.3 is 210 Å². The monoisotopic (exact) mass is 573 g/mol. The number of nitrogens with one attached hydrogen (secondary N) is 1. The second kappa shape index (κ2) is 12.7. The Bertz CT molecular complexity index is 1020. The Morgan fingerprint density at radius 2 is 1.56 bits per heavy atom. The molecule has 0 bridgehead atoms. The van der Waals surface area contributed by atoms with Crippen LogP contribution in [0.1, 0.15) is 66.2 Å². The second-order valence-electron chi connectivity index (χ2n) is 9.54. The Balaban J connectivity index is 2.20. The van der Waals surface area contributed by atoms with E-state index in [9.17, 15) is 0 Å². The number of hydrogen-bond donors (Lipinski definition) is 1. The van der Waals surface area contributed by atoms with Crippen LogP contribution in [0.15, 0.2) is 24.7 Å². The molecule has 3 aromatic heterocycles. The Morgan fingerprint density at radius 3 is 2.09 bits per heavy atom. The van der Waals surface area contributed by atoms with Crippen LogP contribution >= 0.6 is 0 Å². The van der Waals surface area contributed by atoms with E-state index in [-0.39, 0.29) is 0 Å². The molecule has 0 spiro atoms. The van der Waals surface area contributed by atoms with Crippen molar-refractivity contribution < 1.29 is 0 Å². The molecule has 3 aromatic rings. The molecule has 0 aliphatic heterocycles. The summed E-state index contributed by atoms with van der Waals surface area (Å²) >= 11 is -2.72. The van der Waals surface area contributed by atoms with E-state index < -0.39 is 18.4 Å². The van der Waals surface area contributed by atoms with Crippen molar-refractivity contribution in [2.24, 2.45) is 14.1 Å². The van der Waals surface area contributed by atoms with Crippen molar-refractivity contribution >= 4 is 27.9 Å². The van der Waals surface area contributed by atoms with Crippen LogP contribution in [0, 0.1) is 0 Å². The van der Waals surface area contributed by atoms with Crippen LogP contribution in [0.25, 0.3) is 22.6 Å². The van der Waals surface area contributed by atoms with E-state index in [1.807, 2.05) is 29.5 Å². The van der Waals surface area contributed by atoms with E-state index in [2.05, 4.69) is 60.4 Å². The van der Waals surface area contributed by atoms with Gasteiger partial charge in [-0.05, 0) is 0 Å². The molecule has 7 nitrogen and oxygen atoms in total. The van der Waals surface area contributed by atoms with Crippen molar-refractivity contribution in [2.75, 3.05) is 11.9 Å². The molecule has 3 rings (SSSR count). The summed E-state index contributed by atoms with van der Waals surface area (Å²) < 4.78 is 9.56. The first-order valence-electron chi connectivity index (χ1n) is 13.1. The number of rotatable bonds is 14. The van der Waals surface area contributed by atoms with Crippen LogP contribution in [0.3, 0.4) is 0 Å². The fourth-order valence-corrected chi connectivity index (χ4v) is 20.5. The third-order valence-electron chi connectivity index (χ3n) is 6.92. The van der Waals surface area contributed by atoms with Crippen LogP contribution in [0.4, 0.5) is 5.82 Å². The zero-order valence-corrected chi connectivity index (χ0v) is 24.9. The quantitative estimate of drug-likeness (QED) is 0.249. The Labute approximate surface area is 209 Å². The van der Waals surface area contributed by atoms with Crippen molar-refractivity contribution in [3.05, 3.63) is 24.7 Å². The predicted molar refractivity (Wildman–Crippen MR) is 145 cm³/mol. The van der Waals surface area contributed by atoms with Gasteiger partial charge in [0.2, 0.25) is 0 Å². The first kappa shape index (κ1) is 26.7. The molecule has 0 saturated carbocycles. The maximum atomic E-state index is 5.32. The summed E-state index contributed by atoms with van der Waals surface area (Å²) in [4.78, 5) is 5.32. The molecule has 186 valence electrons. The van der Waals surface area contributed by atoms with Gasteiger partial charge in [-0.25, -0.2) is 0 Å². The molecule has 0 atom stereocenters. The van der Waals surface area contributed by atoms with Crippen molar-refractivity contribution in [3.8, 4) is 22.6 Å². The SMILES string of the molecule is CCC[CH2][Sn]([CH2]CCC)([CH2]CCC)[c]1cc(-c2c(-c3nncn3C)cnn2C)cc(NCC)n1. The van der Waals surface area contributed by atoms with E-state index in [1.165, 1.54) is 61.1 Å². The van der Waals surface area contributed by atoms with E-state index in [4.69, 9.17) is 4.98 Å². The van der Waals surface area contributed by atoms with Gasteiger partial charge in [-0.15, -0.1) is 0 Å². The van der Waals surface area contributed by atoms with Crippen LogP contribution in [0.2, 0.25) is 13.3 Å². The van der Waals surface area contributed by atoms with Gasteiger partial charge in [0, 0.05) is 0 Å². The van der Waals surface area contributed by atoms with Crippen LogP contribution in [-0.4, -0.2) is 54.5 Å². The van der Waals surface area contributed by atoms with Crippen molar-refractivity contribution in [2.45, 2.75) is 79.5 Å². The Hall–Kier alpha value is -1.90. The summed E-state index contributed by atoms with van der Waals surface area (Å²) in [5, 5.41) is 16.6. The van der Waals surface area contributed by atoms with Gasteiger partial charge in [-0.2, -0.15) is 0 Å². The normalized spacial score (nSPS) is 11.8. The Kier molecular flexibility index (Phi) is 9.97. The number of aryl methyl sites for hydroxylation is 2. The third-order valence-corrected chi connectivity index (χ3v) is 22.0. The maximum absolute atomic E-state index is 5.32. The zero-order valence-electron chi connectivity index (χ0n) is 22.1. The number of nitrogens with zero attached hydrogens (tertiary/aromatic N) is 6. The number of hydrogen-bond acceptors (Lipinski definition) is 5. The zero-order chi connectivity index (χ0) is 24.6. The van der Waals surface area contributed by atoms with Gasteiger partial charge in [-0.1, -0.05) is 0 Å². The molecule has 0 aliphatic rings. The number of pyridine rings is 1. The van der Waals surface area contributed by atoms with Crippen molar-refractivity contribution in [3.63, 3.8) is 0 Å². The summed E-state index contributed by atoms with van der Waals surface area (Å²) in [6.07, 6.45) is 11.4. The van der Waals surface area contributed by atoms with E-state index in [1.54, 1.807) is 6.33 Å². The molecule has 34 heavy (non-hydrogen) atoms. The fourth-order valence-electron chi connectivity index (χ4n) is 4.99. The van der Waals surface area contributed by atoms with Gasteiger partial charge in [0.25, 0.3) is 0 Å². The number of anilines is 1. The molecule has 0 aromatic carbocycles.